The number of rotatable bonds is 9. The third-order valence-electron chi connectivity index (χ3n) is 6.00. The Kier molecular flexibility index (Phi) is 7.35. The SMILES string of the molecule is COc1cc(C(=O)O)cc(OC)c1C=CCCNC(=O)OCC1c2ccccc2-c2ccccc21. The number of carboxylic acids is 1. The average Bonchev–Trinajstić information content (AvgIpc) is 3.20. The van der Waals surface area contributed by atoms with Crippen LogP contribution in [0.4, 0.5) is 4.79 Å². The van der Waals surface area contributed by atoms with Crippen LogP contribution in [0.3, 0.4) is 0 Å². The summed E-state index contributed by atoms with van der Waals surface area (Å²) >= 11 is 0. The Morgan fingerprint density at radius 2 is 1.51 bits per heavy atom. The number of amides is 1. The molecule has 35 heavy (non-hydrogen) atoms. The Morgan fingerprint density at radius 1 is 0.943 bits per heavy atom. The van der Waals surface area contributed by atoms with E-state index in [1.165, 1.54) is 48.6 Å². The quantitative estimate of drug-likeness (QED) is 0.407. The maximum absolute atomic E-state index is 12.3. The van der Waals surface area contributed by atoms with Crippen molar-refractivity contribution in [2.75, 3.05) is 27.4 Å². The first kappa shape index (κ1) is 23.9. The van der Waals surface area contributed by atoms with Crippen LogP contribution in [0.2, 0.25) is 0 Å². The summed E-state index contributed by atoms with van der Waals surface area (Å²) in [4.78, 5) is 23.6. The minimum atomic E-state index is -1.07. The van der Waals surface area contributed by atoms with Crippen molar-refractivity contribution in [2.24, 2.45) is 0 Å². The van der Waals surface area contributed by atoms with Gasteiger partial charge in [0.15, 0.2) is 0 Å². The highest BCUT2D eigenvalue weighted by Crippen LogP contribution is 2.44. The molecular weight excluding hydrogens is 446 g/mol. The summed E-state index contributed by atoms with van der Waals surface area (Å²) < 4.78 is 16.2. The van der Waals surface area contributed by atoms with Crippen molar-refractivity contribution in [1.29, 1.82) is 0 Å². The van der Waals surface area contributed by atoms with Crippen molar-refractivity contribution in [3.63, 3.8) is 0 Å². The molecule has 1 aliphatic carbocycles. The van der Waals surface area contributed by atoms with Gasteiger partial charge in [0, 0.05) is 12.5 Å². The maximum atomic E-state index is 12.3. The van der Waals surface area contributed by atoms with Gasteiger partial charge in [0.05, 0.1) is 25.3 Å². The number of hydrogen-bond donors (Lipinski definition) is 2. The highest BCUT2D eigenvalue weighted by molar-refractivity contribution is 5.90. The monoisotopic (exact) mass is 473 g/mol. The second kappa shape index (κ2) is 10.8. The zero-order valence-electron chi connectivity index (χ0n) is 19.6. The summed E-state index contributed by atoms with van der Waals surface area (Å²) in [5, 5.41) is 12.0. The molecule has 0 aliphatic heterocycles. The largest absolute Gasteiger partial charge is 0.496 e. The van der Waals surface area contributed by atoms with E-state index in [1.807, 2.05) is 30.3 Å². The fourth-order valence-electron chi connectivity index (χ4n) is 4.33. The van der Waals surface area contributed by atoms with Gasteiger partial charge in [-0.05, 0) is 40.8 Å². The van der Waals surface area contributed by atoms with Crippen LogP contribution in [0.25, 0.3) is 17.2 Å². The average molecular weight is 474 g/mol. The van der Waals surface area contributed by atoms with Crippen LogP contribution in [-0.2, 0) is 4.74 Å². The number of hydrogen-bond acceptors (Lipinski definition) is 5. The molecule has 0 heterocycles. The molecule has 3 aromatic rings. The molecule has 0 aromatic heterocycles. The molecule has 0 saturated heterocycles. The molecule has 4 rings (SSSR count). The Hall–Kier alpha value is -4.26. The number of aromatic carboxylic acids is 1. The molecule has 0 atom stereocenters. The molecule has 180 valence electrons. The smallest absolute Gasteiger partial charge is 0.407 e. The fraction of sp³-hybridized carbons (Fsp3) is 0.214. The van der Waals surface area contributed by atoms with Crippen LogP contribution in [0.1, 0.15) is 39.4 Å². The molecule has 3 aromatic carbocycles. The van der Waals surface area contributed by atoms with Crippen molar-refractivity contribution in [3.8, 4) is 22.6 Å². The van der Waals surface area contributed by atoms with Crippen molar-refractivity contribution < 1.29 is 28.9 Å². The normalized spacial score (nSPS) is 12.2. The Balaban J connectivity index is 1.31. The lowest BCUT2D eigenvalue weighted by Crippen LogP contribution is -2.26. The number of fused-ring (bicyclic) bond motifs is 3. The predicted octanol–water partition coefficient (Wildman–Crippen LogP) is 5.34. The molecule has 1 amide bonds. The second-order valence-corrected chi connectivity index (χ2v) is 8.04. The first-order valence-corrected chi connectivity index (χ1v) is 11.3. The van der Waals surface area contributed by atoms with Gasteiger partial charge in [0.2, 0.25) is 0 Å². The van der Waals surface area contributed by atoms with Crippen molar-refractivity contribution in [3.05, 3.63) is 89.0 Å². The lowest BCUT2D eigenvalue weighted by atomic mass is 9.98. The van der Waals surface area contributed by atoms with Crippen LogP contribution < -0.4 is 14.8 Å². The number of methoxy groups -OCH3 is 2. The first-order valence-electron chi connectivity index (χ1n) is 11.3. The van der Waals surface area contributed by atoms with E-state index in [0.717, 1.165) is 0 Å². The van der Waals surface area contributed by atoms with E-state index in [9.17, 15) is 14.7 Å². The summed E-state index contributed by atoms with van der Waals surface area (Å²) in [6.45, 7) is 0.644. The molecule has 2 N–H and O–H groups in total. The van der Waals surface area contributed by atoms with Gasteiger partial charge in [0.25, 0.3) is 0 Å². The highest BCUT2D eigenvalue weighted by atomic mass is 16.5. The maximum Gasteiger partial charge on any atom is 0.407 e. The van der Waals surface area contributed by atoms with Crippen molar-refractivity contribution in [1.82, 2.24) is 5.32 Å². The minimum absolute atomic E-state index is 0.0155. The van der Waals surface area contributed by atoms with Crippen molar-refractivity contribution in [2.45, 2.75) is 12.3 Å². The van der Waals surface area contributed by atoms with Crippen LogP contribution in [0, 0.1) is 0 Å². The molecule has 0 fully saturated rings. The Labute approximate surface area is 204 Å². The lowest BCUT2D eigenvalue weighted by Gasteiger charge is -2.14. The van der Waals surface area contributed by atoms with Gasteiger partial charge >= 0.3 is 12.1 Å². The molecule has 7 nitrogen and oxygen atoms in total. The van der Waals surface area contributed by atoms with E-state index in [0.29, 0.717) is 30.0 Å². The molecule has 0 saturated carbocycles. The molecule has 0 bridgehead atoms. The van der Waals surface area contributed by atoms with E-state index >= 15 is 0 Å². The molecule has 7 heteroatoms. The van der Waals surface area contributed by atoms with Gasteiger partial charge in [0.1, 0.15) is 18.1 Å². The van der Waals surface area contributed by atoms with Gasteiger partial charge in [-0.15, -0.1) is 0 Å². The molecule has 0 spiro atoms. The topological polar surface area (TPSA) is 94.1 Å². The Bertz CT molecular complexity index is 1200. The molecule has 0 unspecified atom stereocenters. The van der Waals surface area contributed by atoms with E-state index in [4.69, 9.17) is 14.2 Å². The van der Waals surface area contributed by atoms with Gasteiger partial charge in [-0.1, -0.05) is 60.7 Å². The van der Waals surface area contributed by atoms with Gasteiger partial charge in [-0.25, -0.2) is 9.59 Å². The van der Waals surface area contributed by atoms with Crippen LogP contribution in [-0.4, -0.2) is 44.5 Å². The number of benzene rings is 3. The zero-order valence-corrected chi connectivity index (χ0v) is 19.6. The highest BCUT2D eigenvalue weighted by Gasteiger charge is 2.28. The van der Waals surface area contributed by atoms with E-state index in [2.05, 4.69) is 29.6 Å². The summed E-state index contributed by atoms with van der Waals surface area (Å²) in [6, 6.07) is 19.3. The number of nitrogens with one attached hydrogen (secondary N) is 1. The molecule has 0 radical (unpaired) electrons. The fourth-order valence-corrected chi connectivity index (χ4v) is 4.33. The van der Waals surface area contributed by atoms with E-state index < -0.39 is 12.1 Å². The molecular formula is C28H27NO6. The third kappa shape index (κ3) is 5.14. The predicted molar refractivity (Wildman–Crippen MR) is 133 cm³/mol. The van der Waals surface area contributed by atoms with Crippen LogP contribution in [0.15, 0.2) is 66.7 Å². The van der Waals surface area contributed by atoms with Gasteiger partial charge in [-0.3, -0.25) is 0 Å². The lowest BCUT2D eigenvalue weighted by molar-refractivity contribution is 0.0696. The standard InChI is InChI=1S/C28H27NO6/c1-33-25-15-18(27(30)31)16-26(34-2)23(25)13-7-8-14-29-28(32)35-17-24-21-11-5-3-9-19(21)20-10-4-6-12-22(20)24/h3-7,9-13,15-16,24H,8,14,17H2,1-2H3,(H,29,32)(H,30,31). The number of carboxylic acid groups (broad SMARTS) is 1. The van der Waals surface area contributed by atoms with Gasteiger partial charge < -0.3 is 24.6 Å². The summed E-state index contributed by atoms with van der Waals surface area (Å²) in [5.41, 5.74) is 5.41. The number of alkyl carbamates (subject to hydrolysis) is 1. The number of ether oxygens (including phenoxy) is 3. The Morgan fingerprint density at radius 3 is 2.06 bits per heavy atom. The summed E-state index contributed by atoms with van der Waals surface area (Å²) in [5.74, 6) is -0.267. The van der Waals surface area contributed by atoms with Crippen LogP contribution >= 0.6 is 0 Å². The number of carbonyl (C=O) groups excluding carboxylic acids is 1. The third-order valence-corrected chi connectivity index (χ3v) is 6.00. The number of carbonyl (C=O) groups is 2. The molecule has 1 aliphatic rings. The zero-order chi connectivity index (χ0) is 24.8. The summed E-state index contributed by atoms with van der Waals surface area (Å²) in [6.07, 6.45) is 3.70. The second-order valence-electron chi connectivity index (χ2n) is 8.04. The first-order chi connectivity index (χ1) is 17.0. The minimum Gasteiger partial charge on any atom is -0.496 e. The van der Waals surface area contributed by atoms with Crippen molar-refractivity contribution >= 4 is 18.1 Å². The van der Waals surface area contributed by atoms with Gasteiger partial charge in [-0.2, -0.15) is 0 Å². The van der Waals surface area contributed by atoms with E-state index in [-0.39, 0.29) is 18.1 Å². The van der Waals surface area contributed by atoms with Crippen LogP contribution in [0.5, 0.6) is 11.5 Å². The van der Waals surface area contributed by atoms with E-state index in [1.54, 1.807) is 6.08 Å². The summed E-state index contributed by atoms with van der Waals surface area (Å²) in [7, 11) is 2.94.